The number of amides is 4. The lowest BCUT2D eigenvalue weighted by Gasteiger charge is -2.16. The summed E-state index contributed by atoms with van der Waals surface area (Å²) in [5, 5.41) is 11.9. The second-order valence-electron chi connectivity index (χ2n) is 14.4. The third-order valence-electron chi connectivity index (χ3n) is 10.3. The van der Waals surface area contributed by atoms with E-state index >= 15 is 0 Å². The fourth-order valence-electron chi connectivity index (χ4n) is 7.25. The van der Waals surface area contributed by atoms with Gasteiger partial charge < -0.3 is 49.7 Å². The first-order chi connectivity index (χ1) is 27.9. The smallest absolute Gasteiger partial charge is 0.407 e. The molecule has 310 valence electrons. The molecule has 2 aliphatic heterocycles. The number of unbranched alkanes of at least 4 members (excludes halogenated alkanes) is 2. The minimum atomic E-state index is -0.549. The van der Waals surface area contributed by atoms with Crippen molar-refractivity contribution in [3.63, 3.8) is 0 Å². The van der Waals surface area contributed by atoms with Crippen LogP contribution in [0.5, 0.6) is 11.5 Å². The molecule has 4 amide bonds. The average Bonchev–Trinajstić information content (AvgIpc) is 3.47. The highest BCUT2D eigenvalue weighted by atomic mass is 32.2. The topological polar surface area (TPSA) is 172 Å². The fraction of sp³-hybridized carbons (Fsp3) is 0.571. The van der Waals surface area contributed by atoms with Crippen LogP contribution in [0.3, 0.4) is 0 Å². The molecule has 3 aliphatic rings. The molecule has 14 nitrogen and oxygen atoms in total. The highest BCUT2D eigenvalue weighted by Gasteiger charge is 2.42. The van der Waals surface area contributed by atoms with E-state index in [-0.39, 0.29) is 42.7 Å². The summed E-state index contributed by atoms with van der Waals surface area (Å²) in [5.41, 5.74) is 5.93. The first-order valence-corrected chi connectivity index (χ1v) is 21.4. The Balaban J connectivity index is 0.728. The molecule has 1 aliphatic carbocycles. The van der Waals surface area contributed by atoms with E-state index in [1.165, 1.54) is 0 Å². The van der Waals surface area contributed by atoms with Gasteiger partial charge in [-0.1, -0.05) is 31.9 Å². The van der Waals surface area contributed by atoms with Crippen molar-refractivity contribution in [2.75, 3.05) is 78.3 Å². The number of carbonyl (C=O) groups is 3. The molecule has 3 unspecified atom stereocenters. The number of urea groups is 1. The summed E-state index contributed by atoms with van der Waals surface area (Å²) in [7, 11) is 0. The second kappa shape index (κ2) is 22.0. The molecule has 0 aromatic heterocycles. The number of aryl methyl sites for hydroxylation is 2. The van der Waals surface area contributed by atoms with E-state index in [9.17, 15) is 19.2 Å². The minimum Gasteiger partial charge on any atom is -0.494 e. The van der Waals surface area contributed by atoms with Crippen molar-refractivity contribution < 1.29 is 42.8 Å². The lowest BCUT2D eigenvalue weighted by molar-refractivity contribution is -0.121. The zero-order valence-electron chi connectivity index (χ0n) is 32.8. The van der Waals surface area contributed by atoms with Crippen molar-refractivity contribution in [1.82, 2.24) is 21.3 Å². The molecule has 4 N–H and O–H groups in total. The molecule has 3 atom stereocenters. The van der Waals surface area contributed by atoms with Crippen LogP contribution in [0.25, 0.3) is 22.3 Å². The lowest BCUT2D eigenvalue weighted by Crippen LogP contribution is -2.36. The quantitative estimate of drug-likeness (QED) is 0.0701. The summed E-state index contributed by atoms with van der Waals surface area (Å²) >= 11 is 1.89. The third-order valence-corrected chi connectivity index (χ3v) is 11.8. The Labute approximate surface area is 338 Å². The largest absolute Gasteiger partial charge is 0.494 e. The summed E-state index contributed by atoms with van der Waals surface area (Å²) in [5.74, 6) is 2.52. The number of thioether (sulfide) groups is 1. The van der Waals surface area contributed by atoms with Crippen LogP contribution in [0.4, 0.5) is 9.59 Å². The van der Waals surface area contributed by atoms with Gasteiger partial charge in [-0.25, -0.2) is 9.59 Å². The second-order valence-corrected chi connectivity index (χ2v) is 15.7. The zero-order chi connectivity index (χ0) is 39.8. The molecule has 3 aromatic rings. The highest BCUT2D eigenvalue weighted by Crippen LogP contribution is 2.42. The van der Waals surface area contributed by atoms with Crippen LogP contribution >= 0.6 is 11.8 Å². The SMILES string of the molecule is CCCCOc1ccc2c(c1)CCc1cc(OCCOCCOC(=O)NCCOCCOCCNC(=O)CCCCC3SCC4NC(=O)NC43)ccc1-c1c-2c1=O. The Bertz CT molecular complexity index is 1800. The van der Waals surface area contributed by atoms with Gasteiger partial charge in [0.25, 0.3) is 0 Å². The predicted octanol–water partition coefficient (Wildman–Crippen LogP) is 4.53. The third kappa shape index (κ3) is 12.6. The fourth-order valence-corrected chi connectivity index (χ4v) is 8.79. The molecule has 0 bridgehead atoms. The highest BCUT2D eigenvalue weighted by molar-refractivity contribution is 8.00. The number of nitrogens with one attached hydrogen (secondary N) is 4. The van der Waals surface area contributed by atoms with E-state index in [1.807, 2.05) is 42.1 Å². The number of rotatable bonds is 25. The summed E-state index contributed by atoms with van der Waals surface area (Å²) in [6, 6.07) is 12.3. The number of hydrogen-bond donors (Lipinski definition) is 4. The Hall–Kier alpha value is -4.31. The number of ether oxygens (including phenoxy) is 6. The van der Waals surface area contributed by atoms with Crippen LogP contribution in [0.1, 0.15) is 56.6 Å². The maximum Gasteiger partial charge on any atom is 0.407 e. The number of carbonyl (C=O) groups excluding carboxylic acids is 3. The number of alkyl carbamates (subject to hydrolysis) is 1. The molecule has 3 aromatic carbocycles. The summed E-state index contributed by atoms with van der Waals surface area (Å²) < 4.78 is 33.6. The van der Waals surface area contributed by atoms with Crippen LogP contribution in [0.2, 0.25) is 0 Å². The van der Waals surface area contributed by atoms with Gasteiger partial charge in [0.2, 0.25) is 5.91 Å². The van der Waals surface area contributed by atoms with Gasteiger partial charge >= 0.3 is 12.1 Å². The van der Waals surface area contributed by atoms with E-state index in [0.717, 1.165) is 89.8 Å². The van der Waals surface area contributed by atoms with Gasteiger partial charge in [0.1, 0.15) is 24.7 Å². The van der Waals surface area contributed by atoms with Crippen molar-refractivity contribution in [2.24, 2.45) is 0 Å². The molecule has 2 saturated heterocycles. The molecule has 2 heterocycles. The van der Waals surface area contributed by atoms with Crippen LogP contribution in [-0.4, -0.2) is 114 Å². The standard InChI is InChI=1S/C42H56N4O10S/c1-2-3-16-54-30-10-12-32-28(25-30)8-9-29-26-31(11-13-33(29)38-37(32)40(38)48)55-23-21-53-22-24-56-42(50)44-15-18-52-20-19-51-17-14-43-36(47)7-5-4-6-35-39-34(27-57-35)45-41(49)46-39/h10-13,25-26,34-35,39H,2-9,14-24,27H2,1H3,(H,43,47)(H,44,50)(H2,45,46,49). The van der Waals surface area contributed by atoms with E-state index in [1.54, 1.807) is 0 Å². The van der Waals surface area contributed by atoms with Crippen molar-refractivity contribution >= 4 is 29.8 Å². The van der Waals surface area contributed by atoms with Crippen LogP contribution < -0.4 is 36.2 Å². The Morgan fingerprint density at radius 3 is 2.07 bits per heavy atom. The van der Waals surface area contributed by atoms with Gasteiger partial charge in [0.15, 0.2) is 5.43 Å². The lowest BCUT2D eigenvalue weighted by atomic mass is 9.91. The minimum absolute atomic E-state index is 0.0130. The van der Waals surface area contributed by atoms with Crippen LogP contribution in [-0.2, 0) is 36.6 Å². The van der Waals surface area contributed by atoms with E-state index in [4.69, 9.17) is 28.4 Å². The van der Waals surface area contributed by atoms with Crippen LogP contribution in [0.15, 0.2) is 41.2 Å². The molecule has 6 rings (SSSR count). The van der Waals surface area contributed by atoms with E-state index in [2.05, 4.69) is 34.3 Å². The zero-order valence-corrected chi connectivity index (χ0v) is 33.6. The molecule has 57 heavy (non-hydrogen) atoms. The Morgan fingerprint density at radius 1 is 0.737 bits per heavy atom. The first kappa shape index (κ1) is 42.3. The van der Waals surface area contributed by atoms with Crippen molar-refractivity contribution in [1.29, 1.82) is 0 Å². The molecule has 0 radical (unpaired) electrons. The Kier molecular flexibility index (Phi) is 16.3. The van der Waals surface area contributed by atoms with Crippen molar-refractivity contribution in [3.8, 4) is 33.8 Å². The Morgan fingerprint density at radius 2 is 1.37 bits per heavy atom. The molecule has 0 spiro atoms. The molecule has 0 saturated carbocycles. The molecule has 15 heteroatoms. The summed E-state index contributed by atoms with van der Waals surface area (Å²) in [4.78, 5) is 48.4. The molecular weight excluding hydrogens is 753 g/mol. The van der Waals surface area contributed by atoms with E-state index in [0.29, 0.717) is 76.8 Å². The predicted molar refractivity (Wildman–Crippen MR) is 218 cm³/mol. The first-order valence-electron chi connectivity index (χ1n) is 20.3. The van der Waals surface area contributed by atoms with Crippen molar-refractivity contribution in [3.05, 3.63) is 57.7 Å². The van der Waals surface area contributed by atoms with Gasteiger partial charge in [-0.15, -0.1) is 0 Å². The summed E-state index contributed by atoms with van der Waals surface area (Å²) in [6.45, 7) is 6.01. The van der Waals surface area contributed by atoms with Gasteiger partial charge in [-0.2, -0.15) is 11.8 Å². The van der Waals surface area contributed by atoms with E-state index < -0.39 is 6.09 Å². The number of benzene rings is 2. The molecular formula is C42H56N4O10S. The average molecular weight is 809 g/mol. The normalized spacial score (nSPS) is 18.0. The van der Waals surface area contributed by atoms with Gasteiger partial charge in [-0.3, -0.25) is 9.59 Å². The number of fused-ring (bicyclic) bond motifs is 6. The monoisotopic (exact) mass is 808 g/mol. The van der Waals surface area contributed by atoms with Gasteiger partial charge in [0.05, 0.1) is 58.3 Å². The number of hydrogen-bond acceptors (Lipinski definition) is 11. The van der Waals surface area contributed by atoms with Gasteiger partial charge in [0, 0.05) is 41.6 Å². The maximum absolute atomic E-state index is 12.9. The molecule has 2 fully saturated rings. The van der Waals surface area contributed by atoms with Crippen LogP contribution in [0, 0.1) is 0 Å². The van der Waals surface area contributed by atoms with Gasteiger partial charge in [-0.05, 0) is 78.6 Å². The maximum atomic E-state index is 12.9. The van der Waals surface area contributed by atoms with Crippen molar-refractivity contribution in [2.45, 2.75) is 75.6 Å². The summed E-state index contributed by atoms with van der Waals surface area (Å²) in [6.07, 6.45) is 6.36.